The number of halogens is 2. The molecule has 12 heavy (non-hydrogen) atoms. The molecule has 1 heterocycles. The average molecular weight is 178 g/mol. The molecule has 1 rings (SSSR count). The van der Waals surface area contributed by atoms with E-state index < -0.39 is 6.43 Å². The summed E-state index contributed by atoms with van der Waals surface area (Å²) in [6.45, 7) is 4.41. The Bertz CT molecular complexity index is 130. The number of rotatable bonds is 3. The van der Waals surface area contributed by atoms with Crippen LogP contribution >= 0.6 is 0 Å². The van der Waals surface area contributed by atoms with E-state index in [1.807, 2.05) is 11.8 Å². The molecule has 0 aliphatic carbocycles. The number of hydrogen-bond acceptors (Lipinski definition) is 2. The molecule has 4 heteroatoms. The van der Waals surface area contributed by atoms with Gasteiger partial charge in [-0.05, 0) is 6.42 Å². The van der Waals surface area contributed by atoms with E-state index in [4.69, 9.17) is 0 Å². The van der Waals surface area contributed by atoms with E-state index >= 15 is 0 Å². The highest BCUT2D eigenvalue weighted by molar-refractivity contribution is 4.78. The van der Waals surface area contributed by atoms with Crippen molar-refractivity contribution < 1.29 is 8.78 Å². The second-order valence-electron chi connectivity index (χ2n) is 3.15. The molecule has 0 aromatic rings. The lowest BCUT2D eigenvalue weighted by Gasteiger charge is -2.35. The van der Waals surface area contributed by atoms with Crippen LogP contribution in [0.2, 0.25) is 0 Å². The van der Waals surface area contributed by atoms with Crippen molar-refractivity contribution in [3.8, 4) is 0 Å². The summed E-state index contributed by atoms with van der Waals surface area (Å²) in [6.07, 6.45) is -1.25. The van der Waals surface area contributed by atoms with Crippen LogP contribution in [0.3, 0.4) is 0 Å². The molecule has 1 unspecified atom stereocenters. The lowest BCUT2D eigenvalue weighted by Crippen LogP contribution is -2.52. The lowest BCUT2D eigenvalue weighted by molar-refractivity contribution is 0.0537. The number of nitrogens with zero attached hydrogens (tertiary/aromatic N) is 1. The highest BCUT2D eigenvalue weighted by atomic mass is 19.3. The van der Waals surface area contributed by atoms with Gasteiger partial charge in [0.25, 0.3) is 6.43 Å². The molecular formula is C8H16F2N2. The van der Waals surface area contributed by atoms with Crippen LogP contribution in [0.4, 0.5) is 8.78 Å². The smallest absolute Gasteiger partial charge is 0.251 e. The molecule has 2 nitrogen and oxygen atoms in total. The maximum Gasteiger partial charge on any atom is 0.251 e. The van der Waals surface area contributed by atoms with E-state index in [-0.39, 0.29) is 6.54 Å². The van der Waals surface area contributed by atoms with Gasteiger partial charge < -0.3 is 5.32 Å². The molecule has 0 bridgehead atoms. The normalized spacial score (nSPS) is 26.5. The molecule has 1 saturated heterocycles. The van der Waals surface area contributed by atoms with Gasteiger partial charge in [-0.25, -0.2) is 8.78 Å². The van der Waals surface area contributed by atoms with Gasteiger partial charge in [0.05, 0.1) is 6.54 Å². The van der Waals surface area contributed by atoms with Gasteiger partial charge in [-0.3, -0.25) is 4.90 Å². The highest BCUT2D eigenvalue weighted by Gasteiger charge is 2.22. The molecule has 1 aliphatic heterocycles. The van der Waals surface area contributed by atoms with Crippen LogP contribution in [0.25, 0.3) is 0 Å². The molecule has 72 valence electrons. The Balaban J connectivity index is 2.36. The molecule has 0 aromatic carbocycles. The third kappa shape index (κ3) is 2.68. The van der Waals surface area contributed by atoms with Crippen LogP contribution in [-0.2, 0) is 0 Å². The molecule has 0 radical (unpaired) electrons. The SMILES string of the molecule is CCC1CNCCN1CC(F)F. The number of piperazine rings is 1. The fourth-order valence-corrected chi connectivity index (χ4v) is 1.62. The van der Waals surface area contributed by atoms with Crippen LogP contribution in [0, 0.1) is 0 Å². The van der Waals surface area contributed by atoms with Gasteiger partial charge in [-0.1, -0.05) is 6.92 Å². The molecule has 0 spiro atoms. The van der Waals surface area contributed by atoms with Gasteiger partial charge in [-0.2, -0.15) is 0 Å². The molecular weight excluding hydrogens is 162 g/mol. The standard InChI is InChI=1S/C8H16F2N2/c1-2-7-5-11-3-4-12(7)6-8(9)10/h7-8,11H,2-6H2,1H3. The second-order valence-corrected chi connectivity index (χ2v) is 3.15. The van der Waals surface area contributed by atoms with Gasteiger partial charge in [0.1, 0.15) is 0 Å². The second kappa shape index (κ2) is 4.72. The summed E-state index contributed by atoms with van der Waals surface area (Å²) in [4.78, 5) is 1.88. The fraction of sp³-hybridized carbons (Fsp3) is 1.00. The van der Waals surface area contributed by atoms with E-state index in [9.17, 15) is 8.78 Å². The molecule has 1 aliphatic rings. The van der Waals surface area contributed by atoms with E-state index in [0.29, 0.717) is 6.04 Å². The van der Waals surface area contributed by atoms with Crippen LogP contribution in [-0.4, -0.2) is 43.5 Å². The predicted molar refractivity (Wildman–Crippen MR) is 44.5 cm³/mol. The Morgan fingerprint density at radius 1 is 1.58 bits per heavy atom. The van der Waals surface area contributed by atoms with Gasteiger partial charge >= 0.3 is 0 Å². The van der Waals surface area contributed by atoms with E-state index in [0.717, 1.165) is 26.1 Å². The van der Waals surface area contributed by atoms with Gasteiger partial charge in [0, 0.05) is 25.7 Å². The molecule has 0 amide bonds. The van der Waals surface area contributed by atoms with Crippen molar-refractivity contribution in [3.05, 3.63) is 0 Å². The zero-order valence-corrected chi connectivity index (χ0v) is 7.39. The van der Waals surface area contributed by atoms with Crippen molar-refractivity contribution in [1.29, 1.82) is 0 Å². The third-order valence-corrected chi connectivity index (χ3v) is 2.32. The quantitative estimate of drug-likeness (QED) is 0.691. The summed E-state index contributed by atoms with van der Waals surface area (Å²) in [5, 5.41) is 3.20. The van der Waals surface area contributed by atoms with Crippen molar-refractivity contribution in [3.63, 3.8) is 0 Å². The number of hydrogen-bond donors (Lipinski definition) is 1. The summed E-state index contributed by atoms with van der Waals surface area (Å²) < 4.78 is 24.1. The van der Waals surface area contributed by atoms with Crippen molar-refractivity contribution in [2.75, 3.05) is 26.2 Å². The lowest BCUT2D eigenvalue weighted by atomic mass is 10.1. The van der Waals surface area contributed by atoms with Crippen LogP contribution in [0.1, 0.15) is 13.3 Å². The van der Waals surface area contributed by atoms with E-state index in [1.54, 1.807) is 0 Å². The summed E-state index contributed by atoms with van der Waals surface area (Å²) in [6, 6.07) is 0.299. The predicted octanol–water partition coefficient (Wildman–Crippen LogP) is 0.935. The van der Waals surface area contributed by atoms with E-state index in [1.165, 1.54) is 0 Å². The fourth-order valence-electron chi connectivity index (χ4n) is 1.62. The maximum atomic E-state index is 12.1. The molecule has 1 N–H and O–H groups in total. The topological polar surface area (TPSA) is 15.3 Å². The first-order valence-corrected chi connectivity index (χ1v) is 4.47. The molecule has 0 aromatic heterocycles. The summed E-state index contributed by atoms with van der Waals surface area (Å²) in [5.74, 6) is 0. The van der Waals surface area contributed by atoms with Gasteiger partial charge in [0.15, 0.2) is 0 Å². The number of nitrogens with one attached hydrogen (secondary N) is 1. The Morgan fingerprint density at radius 2 is 2.33 bits per heavy atom. The minimum Gasteiger partial charge on any atom is -0.314 e. The molecule has 0 saturated carbocycles. The zero-order chi connectivity index (χ0) is 8.97. The molecule has 1 fully saturated rings. The summed E-state index contributed by atoms with van der Waals surface area (Å²) in [7, 11) is 0. The Morgan fingerprint density at radius 3 is 2.92 bits per heavy atom. The monoisotopic (exact) mass is 178 g/mol. The van der Waals surface area contributed by atoms with Crippen LogP contribution in [0.15, 0.2) is 0 Å². The van der Waals surface area contributed by atoms with Crippen molar-refractivity contribution in [1.82, 2.24) is 10.2 Å². The first kappa shape index (κ1) is 9.86. The maximum absolute atomic E-state index is 12.1. The first-order valence-electron chi connectivity index (χ1n) is 4.47. The van der Waals surface area contributed by atoms with Crippen molar-refractivity contribution >= 4 is 0 Å². The van der Waals surface area contributed by atoms with Crippen molar-refractivity contribution in [2.45, 2.75) is 25.8 Å². The number of alkyl halides is 2. The van der Waals surface area contributed by atoms with E-state index in [2.05, 4.69) is 5.32 Å². The Labute approximate surface area is 71.9 Å². The summed E-state index contributed by atoms with van der Waals surface area (Å²) in [5.41, 5.74) is 0. The minimum absolute atomic E-state index is 0.0693. The van der Waals surface area contributed by atoms with Gasteiger partial charge in [-0.15, -0.1) is 0 Å². The van der Waals surface area contributed by atoms with Crippen LogP contribution in [0.5, 0.6) is 0 Å². The third-order valence-electron chi connectivity index (χ3n) is 2.32. The van der Waals surface area contributed by atoms with Crippen molar-refractivity contribution in [2.24, 2.45) is 0 Å². The summed E-state index contributed by atoms with van der Waals surface area (Å²) >= 11 is 0. The molecule has 1 atom stereocenters. The highest BCUT2D eigenvalue weighted by Crippen LogP contribution is 2.09. The largest absolute Gasteiger partial charge is 0.314 e. The Kier molecular flexibility index (Phi) is 3.88. The van der Waals surface area contributed by atoms with Crippen LogP contribution < -0.4 is 5.32 Å². The zero-order valence-electron chi connectivity index (χ0n) is 7.39. The first-order chi connectivity index (χ1) is 5.74. The van der Waals surface area contributed by atoms with Gasteiger partial charge in [0.2, 0.25) is 0 Å². The minimum atomic E-state index is -2.20. The average Bonchev–Trinajstić information content (AvgIpc) is 2.04. The Hall–Kier alpha value is -0.220.